The van der Waals surface area contributed by atoms with E-state index in [0.717, 1.165) is 4.57 Å². The molecule has 1 aromatic heterocycles. The maximum atomic E-state index is 10.5. The van der Waals surface area contributed by atoms with Crippen LogP contribution in [0.3, 0.4) is 0 Å². The number of hydrogen-bond donors (Lipinski definition) is 1. The summed E-state index contributed by atoms with van der Waals surface area (Å²) in [7, 11) is 1.50. The summed E-state index contributed by atoms with van der Waals surface area (Å²) < 4.78 is 1.12. The molecule has 5 nitrogen and oxygen atoms in total. The SMILES string of the molecule is Cn1[c-]nc(N)nc1=O.[K+]. The van der Waals surface area contributed by atoms with Crippen molar-refractivity contribution < 1.29 is 51.4 Å². The normalized spacial score (nSPS) is 8.50. The molecule has 6 heteroatoms. The Morgan fingerprint density at radius 1 is 1.70 bits per heavy atom. The largest absolute Gasteiger partial charge is 1.00 e. The maximum absolute atomic E-state index is 10.5. The Bertz CT molecular complexity index is 270. The number of nitrogens with zero attached hydrogens (tertiary/aromatic N) is 3. The molecule has 0 aromatic carbocycles. The molecule has 0 unspecified atom stereocenters. The van der Waals surface area contributed by atoms with E-state index in [-0.39, 0.29) is 57.3 Å². The van der Waals surface area contributed by atoms with Gasteiger partial charge in [0.15, 0.2) is 0 Å². The molecule has 10 heavy (non-hydrogen) atoms. The second-order valence-corrected chi connectivity index (χ2v) is 1.52. The van der Waals surface area contributed by atoms with E-state index in [4.69, 9.17) is 5.73 Å². The van der Waals surface area contributed by atoms with Crippen LogP contribution >= 0.6 is 0 Å². The van der Waals surface area contributed by atoms with Crippen LogP contribution in [0.1, 0.15) is 0 Å². The topological polar surface area (TPSA) is 73.8 Å². The molecule has 0 amide bonds. The third-order valence-corrected chi connectivity index (χ3v) is 0.812. The van der Waals surface area contributed by atoms with Crippen molar-refractivity contribution in [3.8, 4) is 0 Å². The van der Waals surface area contributed by atoms with Crippen LogP contribution in [-0.4, -0.2) is 14.5 Å². The molecule has 0 aliphatic carbocycles. The van der Waals surface area contributed by atoms with Crippen LogP contribution in [0.15, 0.2) is 4.79 Å². The molecular formula is C4H5KN4O. The number of aryl methyl sites for hydroxylation is 1. The van der Waals surface area contributed by atoms with Crippen molar-refractivity contribution in [2.75, 3.05) is 5.73 Å². The van der Waals surface area contributed by atoms with Crippen LogP contribution in [0.25, 0.3) is 0 Å². The summed E-state index contributed by atoms with van der Waals surface area (Å²) in [6.07, 6.45) is 2.33. The summed E-state index contributed by atoms with van der Waals surface area (Å²) >= 11 is 0. The molecule has 48 valence electrons. The Labute approximate surface area is 100 Å². The summed E-state index contributed by atoms with van der Waals surface area (Å²) in [5.41, 5.74) is 4.62. The molecule has 0 aliphatic rings. The van der Waals surface area contributed by atoms with Gasteiger partial charge in [0.2, 0.25) is 5.69 Å². The molecule has 0 saturated heterocycles. The monoisotopic (exact) mass is 164 g/mol. The fourth-order valence-electron chi connectivity index (χ4n) is 0.367. The van der Waals surface area contributed by atoms with Crippen molar-refractivity contribution in [3.63, 3.8) is 0 Å². The smallest absolute Gasteiger partial charge is 0.420 e. The molecule has 0 fully saturated rings. The van der Waals surface area contributed by atoms with Crippen LogP contribution in [-0.2, 0) is 7.05 Å². The molecule has 1 heterocycles. The van der Waals surface area contributed by atoms with Gasteiger partial charge in [0.25, 0.3) is 0 Å². The predicted octanol–water partition coefficient (Wildman–Crippen LogP) is -4.44. The van der Waals surface area contributed by atoms with Crippen molar-refractivity contribution in [1.29, 1.82) is 0 Å². The van der Waals surface area contributed by atoms with Crippen LogP contribution in [0.5, 0.6) is 0 Å². The average Bonchev–Trinajstić information content (AvgIpc) is 1.80. The van der Waals surface area contributed by atoms with Crippen molar-refractivity contribution in [2.45, 2.75) is 0 Å². The van der Waals surface area contributed by atoms with Crippen LogP contribution in [0.2, 0.25) is 0 Å². The molecule has 0 radical (unpaired) electrons. The molecule has 0 aliphatic heterocycles. The molecule has 2 N–H and O–H groups in total. The van der Waals surface area contributed by atoms with Gasteiger partial charge >= 0.3 is 51.4 Å². The fraction of sp³-hybridized carbons (Fsp3) is 0.250. The van der Waals surface area contributed by atoms with E-state index in [1.54, 1.807) is 0 Å². The van der Waals surface area contributed by atoms with Gasteiger partial charge in [-0.15, -0.1) is 0 Å². The Kier molecular flexibility index (Phi) is 4.30. The zero-order valence-corrected chi connectivity index (χ0v) is 8.95. The van der Waals surface area contributed by atoms with Gasteiger partial charge in [-0.3, -0.25) is 4.98 Å². The van der Waals surface area contributed by atoms with E-state index >= 15 is 0 Å². The van der Waals surface area contributed by atoms with Crippen LogP contribution in [0.4, 0.5) is 5.95 Å². The van der Waals surface area contributed by atoms with E-state index in [1.807, 2.05) is 0 Å². The maximum Gasteiger partial charge on any atom is 1.00 e. The number of anilines is 1. The second-order valence-electron chi connectivity index (χ2n) is 1.52. The molecule has 1 rings (SSSR count). The van der Waals surface area contributed by atoms with E-state index in [9.17, 15) is 4.79 Å². The van der Waals surface area contributed by atoms with Gasteiger partial charge in [0, 0.05) is 6.33 Å². The molecule has 0 atom stereocenters. The van der Waals surface area contributed by atoms with Crippen molar-refractivity contribution in [1.82, 2.24) is 14.5 Å². The van der Waals surface area contributed by atoms with Gasteiger partial charge in [0.05, 0.1) is 0 Å². The van der Waals surface area contributed by atoms with Gasteiger partial charge in [-0.1, -0.05) is 0 Å². The second kappa shape index (κ2) is 4.19. The number of hydrogen-bond acceptors (Lipinski definition) is 4. The fourth-order valence-corrected chi connectivity index (χ4v) is 0.367. The van der Waals surface area contributed by atoms with Gasteiger partial charge in [-0.2, -0.15) is 0 Å². The zero-order valence-electron chi connectivity index (χ0n) is 5.83. The number of nitrogen functional groups attached to an aromatic ring is 1. The van der Waals surface area contributed by atoms with E-state index in [0.29, 0.717) is 0 Å². The quantitative estimate of drug-likeness (QED) is 0.310. The minimum atomic E-state index is -0.442. The van der Waals surface area contributed by atoms with Gasteiger partial charge in [0.1, 0.15) is 5.95 Å². The molecule has 0 saturated carbocycles. The Morgan fingerprint density at radius 2 is 2.30 bits per heavy atom. The number of aromatic nitrogens is 3. The Hall–Kier alpha value is 0.246. The predicted molar refractivity (Wildman–Crippen MR) is 30.5 cm³/mol. The first-order valence-electron chi connectivity index (χ1n) is 2.28. The minimum Gasteiger partial charge on any atom is -0.420 e. The molecule has 0 bridgehead atoms. The minimum absolute atomic E-state index is 0. The first-order valence-corrected chi connectivity index (χ1v) is 2.28. The van der Waals surface area contributed by atoms with E-state index in [1.165, 1.54) is 7.05 Å². The Morgan fingerprint density at radius 3 is 2.70 bits per heavy atom. The van der Waals surface area contributed by atoms with Crippen LogP contribution in [0, 0.1) is 6.33 Å². The Balaban J connectivity index is 0.000000810. The zero-order chi connectivity index (χ0) is 6.85. The van der Waals surface area contributed by atoms with Crippen LogP contribution < -0.4 is 62.8 Å². The summed E-state index contributed by atoms with van der Waals surface area (Å²) in [4.78, 5) is 17.3. The molecule has 0 spiro atoms. The van der Waals surface area contributed by atoms with Crippen molar-refractivity contribution >= 4 is 5.95 Å². The van der Waals surface area contributed by atoms with E-state index in [2.05, 4.69) is 16.3 Å². The third kappa shape index (κ3) is 2.47. The standard InChI is InChI=1S/C4H5N4O.K/c1-8-2-6-3(5)7-4(8)9;/h1H3,(H2,5,7,9);/q-1;+1. The van der Waals surface area contributed by atoms with Crippen molar-refractivity contribution in [3.05, 3.63) is 16.8 Å². The summed E-state index contributed by atoms with van der Waals surface area (Å²) in [6, 6.07) is 0. The van der Waals surface area contributed by atoms with Gasteiger partial charge < -0.3 is 20.1 Å². The first kappa shape index (κ1) is 10.2. The van der Waals surface area contributed by atoms with E-state index < -0.39 is 5.69 Å². The molecule has 1 aromatic rings. The van der Waals surface area contributed by atoms with Crippen molar-refractivity contribution in [2.24, 2.45) is 7.05 Å². The summed E-state index contributed by atoms with van der Waals surface area (Å²) in [5.74, 6) is -0.0434. The summed E-state index contributed by atoms with van der Waals surface area (Å²) in [6.45, 7) is 0. The van der Waals surface area contributed by atoms with Gasteiger partial charge in [-0.05, 0) is 7.05 Å². The number of rotatable bonds is 0. The third-order valence-electron chi connectivity index (χ3n) is 0.812. The number of nitrogens with two attached hydrogens (primary N) is 1. The van der Waals surface area contributed by atoms with Gasteiger partial charge in [-0.25, -0.2) is 0 Å². The first-order chi connectivity index (χ1) is 4.20. The molecular weight excluding hydrogens is 159 g/mol. The summed E-state index contributed by atoms with van der Waals surface area (Å²) in [5, 5.41) is 0. The average molecular weight is 164 g/mol.